The molecule has 0 aliphatic carbocycles. The van der Waals surface area contributed by atoms with Crippen molar-refractivity contribution in [3.8, 4) is 0 Å². The first-order valence-electron chi connectivity index (χ1n) is 5.25. The fraction of sp³-hybridized carbons (Fsp3) is 0.417. The van der Waals surface area contributed by atoms with E-state index in [-0.39, 0.29) is 5.91 Å². The number of fused-ring (bicyclic) bond motifs is 1. The zero-order valence-corrected chi connectivity index (χ0v) is 12.2. The maximum absolute atomic E-state index is 11.7. The van der Waals surface area contributed by atoms with Crippen LogP contribution in [0.4, 0.5) is 0 Å². The molecule has 1 heterocycles. The SMILES string of the molecule is CC.Cc1c(Cl)cc(Br)c2c1CN(C)C2=O. The van der Waals surface area contributed by atoms with Crippen LogP contribution in [0.5, 0.6) is 0 Å². The van der Waals surface area contributed by atoms with Gasteiger partial charge in [0.2, 0.25) is 0 Å². The number of nitrogens with zero attached hydrogens (tertiary/aromatic N) is 1. The first-order chi connectivity index (χ1) is 7.52. The van der Waals surface area contributed by atoms with Crippen molar-refractivity contribution < 1.29 is 4.79 Å². The van der Waals surface area contributed by atoms with Crippen LogP contribution in [0.1, 0.15) is 35.3 Å². The van der Waals surface area contributed by atoms with E-state index in [1.165, 1.54) is 0 Å². The molecule has 88 valence electrons. The normalized spacial score (nSPS) is 13.4. The number of hydrogen-bond donors (Lipinski definition) is 0. The topological polar surface area (TPSA) is 20.3 Å². The first kappa shape index (κ1) is 13.5. The molecule has 0 radical (unpaired) electrons. The van der Waals surface area contributed by atoms with Crippen molar-refractivity contribution in [3.63, 3.8) is 0 Å². The minimum absolute atomic E-state index is 0.0617. The lowest BCUT2D eigenvalue weighted by atomic mass is 10.0. The van der Waals surface area contributed by atoms with Gasteiger partial charge in [-0.2, -0.15) is 0 Å². The van der Waals surface area contributed by atoms with Crippen molar-refractivity contribution in [1.29, 1.82) is 0 Å². The largest absolute Gasteiger partial charge is 0.337 e. The van der Waals surface area contributed by atoms with Crippen molar-refractivity contribution in [2.75, 3.05) is 7.05 Å². The molecule has 0 N–H and O–H groups in total. The third-order valence-electron chi connectivity index (χ3n) is 2.56. The van der Waals surface area contributed by atoms with Gasteiger partial charge in [0.15, 0.2) is 0 Å². The standard InChI is InChI=1S/C10H9BrClNO.C2H6/c1-5-6-4-13(2)10(14)9(6)7(11)3-8(5)12;1-2/h3H,4H2,1-2H3;1-2H3. The second-order valence-electron chi connectivity index (χ2n) is 3.48. The summed E-state index contributed by atoms with van der Waals surface area (Å²) in [6.07, 6.45) is 0. The van der Waals surface area contributed by atoms with E-state index in [1.54, 1.807) is 18.0 Å². The summed E-state index contributed by atoms with van der Waals surface area (Å²) in [5.74, 6) is 0.0617. The molecule has 0 unspecified atom stereocenters. The number of carbonyl (C=O) groups excluding carboxylic acids is 1. The molecular formula is C12H15BrClNO. The molecule has 1 aromatic rings. The molecule has 0 fully saturated rings. The minimum atomic E-state index is 0.0617. The third-order valence-corrected chi connectivity index (χ3v) is 3.58. The maximum Gasteiger partial charge on any atom is 0.255 e. The number of halogens is 2. The smallest absolute Gasteiger partial charge is 0.255 e. The van der Waals surface area contributed by atoms with E-state index in [0.29, 0.717) is 11.6 Å². The summed E-state index contributed by atoms with van der Waals surface area (Å²) in [5, 5.41) is 0.707. The quantitative estimate of drug-likeness (QED) is 0.709. The van der Waals surface area contributed by atoms with Gasteiger partial charge < -0.3 is 4.90 Å². The molecule has 2 nitrogen and oxygen atoms in total. The van der Waals surface area contributed by atoms with E-state index >= 15 is 0 Å². The van der Waals surface area contributed by atoms with Gasteiger partial charge in [0, 0.05) is 23.1 Å². The Morgan fingerprint density at radius 1 is 1.44 bits per heavy atom. The predicted octanol–water partition coefficient (Wildman–Crippen LogP) is 4.02. The Kier molecular flexibility index (Phi) is 4.39. The Morgan fingerprint density at radius 3 is 2.56 bits per heavy atom. The summed E-state index contributed by atoms with van der Waals surface area (Å²) in [5.41, 5.74) is 2.80. The average molecular weight is 305 g/mol. The highest BCUT2D eigenvalue weighted by atomic mass is 79.9. The Hall–Kier alpha value is -0.540. The van der Waals surface area contributed by atoms with E-state index < -0.39 is 0 Å². The molecule has 0 atom stereocenters. The minimum Gasteiger partial charge on any atom is -0.337 e. The number of rotatable bonds is 0. The highest BCUT2D eigenvalue weighted by molar-refractivity contribution is 9.10. The highest BCUT2D eigenvalue weighted by Crippen LogP contribution is 2.35. The Balaban J connectivity index is 0.000000606. The molecule has 1 amide bonds. The second kappa shape index (κ2) is 5.19. The molecule has 1 aliphatic heterocycles. The van der Waals surface area contributed by atoms with E-state index in [2.05, 4.69) is 15.9 Å². The van der Waals surface area contributed by atoms with Crippen LogP contribution in [0.25, 0.3) is 0 Å². The zero-order chi connectivity index (χ0) is 12.5. The van der Waals surface area contributed by atoms with Crippen molar-refractivity contribution >= 4 is 33.4 Å². The maximum atomic E-state index is 11.7. The van der Waals surface area contributed by atoms with Gasteiger partial charge in [-0.15, -0.1) is 0 Å². The van der Waals surface area contributed by atoms with Gasteiger partial charge >= 0.3 is 0 Å². The monoisotopic (exact) mass is 303 g/mol. The van der Waals surface area contributed by atoms with Crippen molar-refractivity contribution in [3.05, 3.63) is 32.3 Å². The van der Waals surface area contributed by atoms with E-state index in [0.717, 1.165) is 21.2 Å². The molecule has 4 heteroatoms. The lowest BCUT2D eigenvalue weighted by Crippen LogP contribution is -2.17. The van der Waals surface area contributed by atoms with Crippen LogP contribution in [0.3, 0.4) is 0 Å². The predicted molar refractivity (Wildman–Crippen MR) is 71.0 cm³/mol. The lowest BCUT2D eigenvalue weighted by Gasteiger charge is -2.05. The molecular weight excluding hydrogens is 289 g/mol. The fourth-order valence-corrected chi connectivity index (χ4v) is 2.69. The van der Waals surface area contributed by atoms with E-state index in [4.69, 9.17) is 11.6 Å². The molecule has 1 aliphatic rings. The molecule has 0 aromatic heterocycles. The number of amides is 1. The van der Waals surface area contributed by atoms with Crippen molar-refractivity contribution in [2.45, 2.75) is 27.3 Å². The third kappa shape index (κ3) is 2.11. The summed E-state index contributed by atoms with van der Waals surface area (Å²) in [6.45, 7) is 6.60. The Labute approximate surface area is 110 Å². The number of benzene rings is 1. The van der Waals surface area contributed by atoms with E-state index in [1.807, 2.05) is 20.8 Å². The van der Waals surface area contributed by atoms with Gasteiger partial charge in [-0.3, -0.25) is 4.79 Å². The molecule has 0 saturated carbocycles. The Morgan fingerprint density at radius 2 is 2.00 bits per heavy atom. The van der Waals surface area contributed by atoms with Crippen LogP contribution in [0.15, 0.2) is 10.5 Å². The lowest BCUT2D eigenvalue weighted by molar-refractivity contribution is 0.0816. The molecule has 0 bridgehead atoms. The summed E-state index contributed by atoms with van der Waals surface area (Å²) < 4.78 is 0.789. The number of carbonyl (C=O) groups is 1. The van der Waals surface area contributed by atoms with Gasteiger partial charge in [0.1, 0.15) is 0 Å². The summed E-state index contributed by atoms with van der Waals surface area (Å²) in [4.78, 5) is 13.4. The van der Waals surface area contributed by atoms with Gasteiger partial charge in [0.05, 0.1) is 5.56 Å². The molecule has 16 heavy (non-hydrogen) atoms. The van der Waals surface area contributed by atoms with Gasteiger partial charge in [-0.25, -0.2) is 0 Å². The van der Waals surface area contributed by atoms with Gasteiger partial charge in [-0.1, -0.05) is 25.4 Å². The highest BCUT2D eigenvalue weighted by Gasteiger charge is 2.29. The molecule has 2 rings (SSSR count). The fourth-order valence-electron chi connectivity index (χ4n) is 1.70. The Bertz CT molecular complexity index is 432. The van der Waals surface area contributed by atoms with Crippen LogP contribution in [-0.2, 0) is 6.54 Å². The van der Waals surface area contributed by atoms with Crippen LogP contribution >= 0.6 is 27.5 Å². The van der Waals surface area contributed by atoms with Crippen molar-refractivity contribution in [1.82, 2.24) is 4.90 Å². The van der Waals surface area contributed by atoms with Crippen LogP contribution < -0.4 is 0 Å². The number of hydrogen-bond acceptors (Lipinski definition) is 1. The molecule has 0 saturated heterocycles. The molecule has 1 aromatic carbocycles. The second-order valence-corrected chi connectivity index (χ2v) is 4.74. The van der Waals surface area contributed by atoms with Gasteiger partial charge in [0.25, 0.3) is 5.91 Å². The van der Waals surface area contributed by atoms with Crippen LogP contribution in [0.2, 0.25) is 5.02 Å². The van der Waals surface area contributed by atoms with Crippen LogP contribution in [-0.4, -0.2) is 17.9 Å². The summed E-state index contributed by atoms with van der Waals surface area (Å²) in [7, 11) is 1.79. The zero-order valence-electron chi connectivity index (χ0n) is 9.90. The molecule has 0 spiro atoms. The average Bonchev–Trinajstić information content (AvgIpc) is 2.56. The summed E-state index contributed by atoms with van der Waals surface area (Å²) in [6, 6.07) is 1.78. The summed E-state index contributed by atoms with van der Waals surface area (Å²) >= 11 is 9.40. The van der Waals surface area contributed by atoms with Gasteiger partial charge in [-0.05, 0) is 40.0 Å². The van der Waals surface area contributed by atoms with Crippen molar-refractivity contribution in [2.24, 2.45) is 0 Å². The van der Waals surface area contributed by atoms with E-state index in [9.17, 15) is 4.79 Å². The first-order valence-corrected chi connectivity index (χ1v) is 6.42. The van der Waals surface area contributed by atoms with Crippen LogP contribution in [0, 0.1) is 6.92 Å².